The van der Waals surface area contributed by atoms with Gasteiger partial charge >= 0.3 is 6.03 Å². The summed E-state index contributed by atoms with van der Waals surface area (Å²) in [5.74, 6) is 0. The van der Waals surface area contributed by atoms with Crippen LogP contribution in [0.3, 0.4) is 0 Å². The van der Waals surface area contributed by atoms with E-state index in [1.54, 1.807) is 10.9 Å². The Balaban J connectivity index is 1.75. The largest absolute Gasteiger partial charge is 0.329 e. The molecule has 5 nitrogen and oxygen atoms in total. The number of nitrogens with zero attached hydrogens (tertiary/aromatic N) is 3. The lowest BCUT2D eigenvalue weighted by molar-refractivity contribution is 0.178. The summed E-state index contributed by atoms with van der Waals surface area (Å²) in [4.78, 5) is 18.8. The molecule has 2 heterocycles. The van der Waals surface area contributed by atoms with Crippen LogP contribution in [0.25, 0.3) is 11.3 Å². The Hall–Kier alpha value is -2.14. The van der Waals surface area contributed by atoms with Crippen LogP contribution in [0.4, 0.5) is 4.79 Å². The number of hydrogen-bond donors (Lipinski definition) is 1. The van der Waals surface area contributed by atoms with Gasteiger partial charge in [0, 0.05) is 24.8 Å². The van der Waals surface area contributed by atoms with Crippen molar-refractivity contribution in [3.63, 3.8) is 0 Å². The van der Waals surface area contributed by atoms with Crippen molar-refractivity contribution in [1.29, 1.82) is 0 Å². The van der Waals surface area contributed by atoms with Gasteiger partial charge in [-0.15, -0.1) is 0 Å². The third kappa shape index (κ3) is 3.04. The maximum absolute atomic E-state index is 12.6. The summed E-state index contributed by atoms with van der Waals surface area (Å²) >= 11 is 0. The first-order valence-electron chi connectivity index (χ1n) is 7.74. The molecule has 1 fully saturated rings. The predicted molar refractivity (Wildman–Crippen MR) is 86.8 cm³/mol. The van der Waals surface area contributed by atoms with Crippen LogP contribution in [0.2, 0.25) is 0 Å². The van der Waals surface area contributed by atoms with Gasteiger partial charge in [-0.1, -0.05) is 29.8 Å². The molecule has 1 aliphatic heterocycles. The van der Waals surface area contributed by atoms with E-state index in [4.69, 9.17) is 0 Å². The Morgan fingerprint density at radius 3 is 2.64 bits per heavy atom. The highest BCUT2D eigenvalue weighted by Crippen LogP contribution is 2.18. The number of piperidine rings is 1. The minimum atomic E-state index is -0.0160. The van der Waals surface area contributed by atoms with E-state index < -0.39 is 0 Å². The molecule has 1 aliphatic rings. The lowest BCUT2D eigenvalue weighted by Crippen LogP contribution is -2.45. The SMILES string of the molecule is Cc1ccc(-c2cn(C(=O)N(C)C3CCNCC3)cn2)cc1. The van der Waals surface area contributed by atoms with Crippen molar-refractivity contribution in [1.82, 2.24) is 19.8 Å². The number of rotatable bonds is 2. The van der Waals surface area contributed by atoms with Crippen LogP contribution in [-0.4, -0.2) is 46.7 Å². The summed E-state index contributed by atoms with van der Waals surface area (Å²) in [5.41, 5.74) is 3.07. The van der Waals surface area contributed by atoms with Crippen LogP contribution in [0.5, 0.6) is 0 Å². The number of carbonyl (C=O) groups is 1. The normalized spacial score (nSPS) is 15.7. The summed E-state index contributed by atoms with van der Waals surface area (Å²) in [6.45, 7) is 4.00. The van der Waals surface area contributed by atoms with Crippen molar-refractivity contribution >= 4 is 6.03 Å². The molecule has 116 valence electrons. The van der Waals surface area contributed by atoms with E-state index in [1.165, 1.54) is 5.56 Å². The van der Waals surface area contributed by atoms with Crippen LogP contribution in [0.1, 0.15) is 18.4 Å². The van der Waals surface area contributed by atoms with Gasteiger partial charge in [-0.25, -0.2) is 9.78 Å². The van der Waals surface area contributed by atoms with Gasteiger partial charge in [-0.2, -0.15) is 0 Å². The molecule has 0 unspecified atom stereocenters. The van der Waals surface area contributed by atoms with Crippen molar-refractivity contribution in [3.05, 3.63) is 42.4 Å². The van der Waals surface area contributed by atoms with E-state index >= 15 is 0 Å². The Morgan fingerprint density at radius 1 is 1.27 bits per heavy atom. The van der Waals surface area contributed by atoms with Crippen molar-refractivity contribution in [2.45, 2.75) is 25.8 Å². The number of amides is 1. The first kappa shape index (κ1) is 14.8. The number of nitrogens with one attached hydrogen (secondary N) is 1. The van der Waals surface area contributed by atoms with Gasteiger partial charge in [-0.3, -0.25) is 4.57 Å². The first-order valence-corrected chi connectivity index (χ1v) is 7.74. The fourth-order valence-electron chi connectivity index (χ4n) is 2.83. The molecule has 0 atom stereocenters. The van der Waals surface area contributed by atoms with Crippen molar-refractivity contribution in [3.8, 4) is 11.3 Å². The Labute approximate surface area is 131 Å². The molecule has 0 bridgehead atoms. The van der Waals surface area contributed by atoms with E-state index in [2.05, 4.69) is 29.4 Å². The number of carbonyl (C=O) groups excluding carboxylic acids is 1. The molecule has 0 spiro atoms. The number of hydrogen-bond acceptors (Lipinski definition) is 3. The smallest absolute Gasteiger partial charge is 0.324 e. The zero-order valence-corrected chi connectivity index (χ0v) is 13.1. The first-order chi connectivity index (χ1) is 10.6. The monoisotopic (exact) mass is 298 g/mol. The van der Waals surface area contributed by atoms with Gasteiger partial charge in [0.05, 0.1) is 5.69 Å². The van der Waals surface area contributed by atoms with E-state index in [9.17, 15) is 4.79 Å². The lowest BCUT2D eigenvalue weighted by Gasteiger charge is -2.31. The average molecular weight is 298 g/mol. The second-order valence-electron chi connectivity index (χ2n) is 5.91. The Kier molecular flexibility index (Phi) is 4.24. The standard InChI is InChI=1S/C17H22N4O/c1-13-3-5-14(6-4-13)16-11-21(12-19-16)17(22)20(2)15-7-9-18-10-8-15/h3-6,11-12,15,18H,7-10H2,1-2H3. The summed E-state index contributed by atoms with van der Waals surface area (Å²) in [6.07, 6.45) is 5.42. The maximum atomic E-state index is 12.6. The van der Waals surface area contributed by atoms with Crippen molar-refractivity contribution < 1.29 is 4.79 Å². The van der Waals surface area contributed by atoms with E-state index in [-0.39, 0.29) is 6.03 Å². The zero-order chi connectivity index (χ0) is 15.5. The molecule has 22 heavy (non-hydrogen) atoms. The molecule has 1 aromatic heterocycles. The molecule has 3 rings (SSSR count). The average Bonchev–Trinajstić information content (AvgIpc) is 3.05. The fraction of sp³-hybridized carbons (Fsp3) is 0.412. The van der Waals surface area contributed by atoms with Gasteiger partial charge in [0.2, 0.25) is 0 Å². The maximum Gasteiger partial charge on any atom is 0.329 e. The molecule has 5 heteroatoms. The topological polar surface area (TPSA) is 50.2 Å². The Bertz CT molecular complexity index is 641. The molecule has 0 aliphatic carbocycles. The number of aryl methyl sites for hydroxylation is 1. The summed E-state index contributed by atoms with van der Waals surface area (Å²) < 4.78 is 1.58. The second-order valence-corrected chi connectivity index (χ2v) is 5.91. The number of imidazole rings is 1. The molecular formula is C17H22N4O. The van der Waals surface area contributed by atoms with Crippen molar-refractivity contribution in [2.24, 2.45) is 0 Å². The highest BCUT2D eigenvalue weighted by Gasteiger charge is 2.23. The summed E-state index contributed by atoms with van der Waals surface area (Å²) in [5, 5.41) is 3.32. The molecule has 1 saturated heterocycles. The zero-order valence-electron chi connectivity index (χ0n) is 13.1. The van der Waals surface area contributed by atoms with Gasteiger partial charge < -0.3 is 10.2 Å². The molecule has 0 radical (unpaired) electrons. The van der Waals surface area contributed by atoms with Crippen LogP contribution < -0.4 is 5.32 Å². The van der Waals surface area contributed by atoms with E-state index in [0.717, 1.165) is 37.2 Å². The summed E-state index contributed by atoms with van der Waals surface area (Å²) in [6, 6.07) is 8.46. The van der Waals surface area contributed by atoms with Gasteiger partial charge in [0.15, 0.2) is 0 Å². The van der Waals surface area contributed by atoms with E-state index in [0.29, 0.717) is 6.04 Å². The number of benzene rings is 1. The lowest BCUT2D eigenvalue weighted by atomic mass is 10.1. The van der Waals surface area contributed by atoms with Gasteiger partial charge in [0.1, 0.15) is 6.33 Å². The number of aromatic nitrogens is 2. The fourth-order valence-corrected chi connectivity index (χ4v) is 2.83. The van der Waals surface area contributed by atoms with Crippen LogP contribution >= 0.6 is 0 Å². The molecule has 0 saturated carbocycles. The minimum absolute atomic E-state index is 0.0160. The van der Waals surface area contributed by atoms with Gasteiger partial charge in [0.25, 0.3) is 0 Å². The molecule has 1 amide bonds. The third-order valence-electron chi connectivity index (χ3n) is 4.31. The quantitative estimate of drug-likeness (QED) is 0.927. The van der Waals surface area contributed by atoms with Gasteiger partial charge in [-0.05, 0) is 32.9 Å². The van der Waals surface area contributed by atoms with Crippen LogP contribution in [-0.2, 0) is 0 Å². The van der Waals surface area contributed by atoms with Crippen molar-refractivity contribution in [2.75, 3.05) is 20.1 Å². The molecule has 1 N–H and O–H groups in total. The van der Waals surface area contributed by atoms with Crippen LogP contribution in [0, 0.1) is 6.92 Å². The second kappa shape index (κ2) is 6.32. The third-order valence-corrected chi connectivity index (χ3v) is 4.31. The highest BCUT2D eigenvalue weighted by molar-refractivity contribution is 5.78. The highest BCUT2D eigenvalue weighted by atomic mass is 16.2. The summed E-state index contributed by atoms with van der Waals surface area (Å²) in [7, 11) is 1.88. The molecular weight excluding hydrogens is 276 g/mol. The minimum Gasteiger partial charge on any atom is -0.324 e. The molecule has 1 aromatic carbocycles. The molecule has 2 aromatic rings. The van der Waals surface area contributed by atoms with Crippen LogP contribution in [0.15, 0.2) is 36.8 Å². The van der Waals surface area contributed by atoms with E-state index in [1.807, 2.05) is 30.3 Å². The predicted octanol–water partition coefficient (Wildman–Crippen LogP) is 2.51. The Morgan fingerprint density at radius 2 is 1.95 bits per heavy atom.